The third-order valence-electron chi connectivity index (χ3n) is 4.92. The Bertz CT molecular complexity index is 342. The number of carboxylic acid groups (broad SMARTS) is 1. The lowest BCUT2D eigenvalue weighted by Gasteiger charge is -2.39. The standard InChI is InChI=1S/C15H24O5/c16-14(17)11-1-3-12(4-2-11)20-13-5-7-19-15(9-13)6-8-18-10-15/h11-13H,1-10H2,(H,16,17). The summed E-state index contributed by atoms with van der Waals surface area (Å²) in [7, 11) is 0. The summed E-state index contributed by atoms with van der Waals surface area (Å²) < 4.78 is 17.6. The Hall–Kier alpha value is -0.650. The third kappa shape index (κ3) is 3.15. The van der Waals surface area contributed by atoms with Gasteiger partial charge in [0, 0.05) is 26.1 Å². The summed E-state index contributed by atoms with van der Waals surface area (Å²) in [6, 6.07) is 0. The molecule has 0 bridgehead atoms. The van der Waals surface area contributed by atoms with E-state index in [9.17, 15) is 4.79 Å². The van der Waals surface area contributed by atoms with Crippen molar-refractivity contribution in [2.24, 2.45) is 5.92 Å². The van der Waals surface area contributed by atoms with E-state index in [-0.39, 0.29) is 23.7 Å². The zero-order valence-corrected chi connectivity index (χ0v) is 11.9. The molecule has 1 N–H and O–H groups in total. The highest BCUT2D eigenvalue weighted by molar-refractivity contribution is 5.70. The number of hydrogen-bond acceptors (Lipinski definition) is 4. The van der Waals surface area contributed by atoms with E-state index in [1.54, 1.807) is 0 Å². The minimum Gasteiger partial charge on any atom is -0.481 e. The summed E-state index contributed by atoms with van der Waals surface area (Å²) in [5.74, 6) is -0.823. The molecule has 0 aromatic heterocycles. The first-order chi connectivity index (χ1) is 9.67. The Balaban J connectivity index is 1.47. The molecule has 2 atom stereocenters. The molecule has 5 nitrogen and oxygen atoms in total. The van der Waals surface area contributed by atoms with Crippen LogP contribution in [-0.4, -0.2) is 48.7 Å². The van der Waals surface area contributed by atoms with E-state index in [4.69, 9.17) is 19.3 Å². The van der Waals surface area contributed by atoms with Crippen LogP contribution in [0.2, 0.25) is 0 Å². The highest BCUT2D eigenvalue weighted by Crippen LogP contribution is 2.36. The molecular formula is C15H24O5. The summed E-state index contributed by atoms with van der Waals surface area (Å²) in [6.45, 7) is 2.23. The summed E-state index contributed by atoms with van der Waals surface area (Å²) in [5, 5.41) is 9.01. The molecule has 1 spiro atoms. The average Bonchev–Trinajstić information content (AvgIpc) is 2.87. The average molecular weight is 284 g/mol. The van der Waals surface area contributed by atoms with E-state index >= 15 is 0 Å². The largest absolute Gasteiger partial charge is 0.481 e. The quantitative estimate of drug-likeness (QED) is 0.858. The monoisotopic (exact) mass is 284 g/mol. The van der Waals surface area contributed by atoms with Gasteiger partial charge in [0.25, 0.3) is 0 Å². The van der Waals surface area contributed by atoms with Gasteiger partial charge in [-0.2, -0.15) is 0 Å². The molecule has 0 aromatic rings. The zero-order chi connectivity index (χ0) is 14.0. The molecule has 0 amide bonds. The lowest BCUT2D eigenvalue weighted by atomic mass is 9.86. The first-order valence-corrected chi connectivity index (χ1v) is 7.77. The van der Waals surface area contributed by atoms with Crippen LogP contribution in [0.4, 0.5) is 0 Å². The van der Waals surface area contributed by atoms with E-state index in [2.05, 4.69) is 0 Å². The number of ether oxygens (including phenoxy) is 3. The smallest absolute Gasteiger partial charge is 0.306 e. The number of carbonyl (C=O) groups is 1. The lowest BCUT2D eigenvalue weighted by Crippen LogP contribution is -2.44. The number of rotatable bonds is 3. The minimum absolute atomic E-state index is 0.110. The maximum absolute atomic E-state index is 10.9. The van der Waals surface area contributed by atoms with Gasteiger partial charge in [-0.15, -0.1) is 0 Å². The molecule has 2 saturated heterocycles. The van der Waals surface area contributed by atoms with Crippen LogP contribution in [0.5, 0.6) is 0 Å². The molecule has 2 aliphatic heterocycles. The molecule has 3 aliphatic rings. The summed E-state index contributed by atoms with van der Waals surface area (Å²) >= 11 is 0. The molecule has 0 aromatic carbocycles. The number of aliphatic carboxylic acids is 1. The van der Waals surface area contributed by atoms with Gasteiger partial charge >= 0.3 is 5.97 Å². The van der Waals surface area contributed by atoms with Gasteiger partial charge in [-0.1, -0.05) is 0 Å². The van der Waals surface area contributed by atoms with Crippen molar-refractivity contribution in [1.82, 2.24) is 0 Å². The van der Waals surface area contributed by atoms with Gasteiger partial charge in [-0.25, -0.2) is 0 Å². The maximum atomic E-state index is 10.9. The fourth-order valence-corrected chi connectivity index (χ4v) is 3.68. The van der Waals surface area contributed by atoms with Crippen molar-refractivity contribution in [2.45, 2.75) is 62.8 Å². The van der Waals surface area contributed by atoms with Crippen LogP contribution in [-0.2, 0) is 19.0 Å². The summed E-state index contributed by atoms with van der Waals surface area (Å²) in [4.78, 5) is 10.9. The molecule has 0 radical (unpaired) electrons. The Morgan fingerprint density at radius 2 is 1.90 bits per heavy atom. The highest BCUT2D eigenvalue weighted by Gasteiger charge is 2.42. The molecule has 3 fully saturated rings. The molecule has 2 unspecified atom stereocenters. The Morgan fingerprint density at radius 3 is 2.55 bits per heavy atom. The number of hydrogen-bond donors (Lipinski definition) is 1. The fourth-order valence-electron chi connectivity index (χ4n) is 3.68. The van der Waals surface area contributed by atoms with Crippen LogP contribution in [0.25, 0.3) is 0 Å². The van der Waals surface area contributed by atoms with Gasteiger partial charge in [0.05, 0.1) is 30.3 Å². The van der Waals surface area contributed by atoms with Gasteiger partial charge in [-0.05, 0) is 32.1 Å². The predicted octanol–water partition coefficient (Wildman–Crippen LogP) is 1.98. The Kier molecular flexibility index (Phi) is 4.29. The van der Waals surface area contributed by atoms with Crippen LogP contribution < -0.4 is 0 Å². The van der Waals surface area contributed by atoms with E-state index in [0.717, 1.165) is 58.2 Å². The topological polar surface area (TPSA) is 65.0 Å². The SMILES string of the molecule is O=C(O)C1CCC(OC2CCOC3(CCOC3)C2)CC1. The van der Waals surface area contributed by atoms with Crippen molar-refractivity contribution in [1.29, 1.82) is 0 Å². The molecule has 20 heavy (non-hydrogen) atoms. The van der Waals surface area contributed by atoms with Gasteiger partial charge < -0.3 is 19.3 Å². The second-order valence-corrected chi connectivity index (χ2v) is 6.40. The van der Waals surface area contributed by atoms with E-state index in [0.29, 0.717) is 6.61 Å². The second kappa shape index (κ2) is 6.00. The van der Waals surface area contributed by atoms with Crippen LogP contribution in [0.15, 0.2) is 0 Å². The normalized spacial score (nSPS) is 41.9. The number of carboxylic acids is 1. The van der Waals surface area contributed by atoms with Crippen molar-refractivity contribution >= 4 is 5.97 Å². The maximum Gasteiger partial charge on any atom is 0.306 e. The molecule has 1 aliphatic carbocycles. The summed E-state index contributed by atoms with van der Waals surface area (Å²) in [5.41, 5.74) is -0.110. The third-order valence-corrected chi connectivity index (χ3v) is 4.92. The Labute approximate surface area is 119 Å². The van der Waals surface area contributed by atoms with E-state index < -0.39 is 5.97 Å². The van der Waals surface area contributed by atoms with Gasteiger partial charge in [0.1, 0.15) is 0 Å². The van der Waals surface area contributed by atoms with E-state index in [1.165, 1.54) is 0 Å². The predicted molar refractivity (Wildman–Crippen MR) is 71.6 cm³/mol. The highest BCUT2D eigenvalue weighted by atomic mass is 16.6. The second-order valence-electron chi connectivity index (χ2n) is 6.40. The van der Waals surface area contributed by atoms with Gasteiger partial charge in [0.15, 0.2) is 0 Å². The van der Waals surface area contributed by atoms with Crippen LogP contribution in [0, 0.1) is 5.92 Å². The van der Waals surface area contributed by atoms with Gasteiger partial charge in [-0.3, -0.25) is 4.79 Å². The molecule has 5 heteroatoms. The lowest BCUT2D eigenvalue weighted by molar-refractivity contribution is -0.155. The van der Waals surface area contributed by atoms with Gasteiger partial charge in [0.2, 0.25) is 0 Å². The van der Waals surface area contributed by atoms with Crippen molar-refractivity contribution in [3.63, 3.8) is 0 Å². The molecule has 1 saturated carbocycles. The van der Waals surface area contributed by atoms with E-state index in [1.807, 2.05) is 0 Å². The molecular weight excluding hydrogens is 260 g/mol. The van der Waals surface area contributed by atoms with Crippen molar-refractivity contribution in [3.8, 4) is 0 Å². The molecule has 2 heterocycles. The first kappa shape index (κ1) is 14.3. The van der Waals surface area contributed by atoms with Crippen molar-refractivity contribution in [3.05, 3.63) is 0 Å². The molecule has 114 valence electrons. The van der Waals surface area contributed by atoms with Crippen LogP contribution in [0.3, 0.4) is 0 Å². The molecule has 3 rings (SSSR count). The Morgan fingerprint density at radius 1 is 1.10 bits per heavy atom. The minimum atomic E-state index is -0.656. The van der Waals surface area contributed by atoms with Crippen molar-refractivity contribution in [2.75, 3.05) is 19.8 Å². The first-order valence-electron chi connectivity index (χ1n) is 7.77. The van der Waals surface area contributed by atoms with Crippen LogP contribution in [0.1, 0.15) is 44.9 Å². The fraction of sp³-hybridized carbons (Fsp3) is 0.933. The zero-order valence-electron chi connectivity index (χ0n) is 11.9. The summed E-state index contributed by atoms with van der Waals surface area (Å²) in [6.07, 6.45) is 6.56. The van der Waals surface area contributed by atoms with Crippen LogP contribution >= 0.6 is 0 Å². The van der Waals surface area contributed by atoms with Crippen molar-refractivity contribution < 1.29 is 24.1 Å².